The van der Waals surface area contributed by atoms with Gasteiger partial charge in [-0.15, -0.1) is 0 Å². The van der Waals surface area contributed by atoms with Gasteiger partial charge in [0.25, 0.3) is 0 Å². The van der Waals surface area contributed by atoms with Crippen molar-refractivity contribution >= 4 is 0 Å². The smallest absolute Gasteiger partial charge is 0.00212 e. The fourth-order valence-electron chi connectivity index (χ4n) is 3.98. The monoisotopic (exact) mass is 266 g/mol. The highest BCUT2D eigenvalue weighted by molar-refractivity contribution is 4.95. The molecular weight excluding hydrogens is 236 g/mol. The maximum absolute atomic E-state index is 3.48. The topological polar surface area (TPSA) is 48.1 Å². The van der Waals surface area contributed by atoms with Gasteiger partial charge in [-0.3, -0.25) is 0 Å². The molecule has 4 heterocycles. The van der Waals surface area contributed by atoms with Gasteiger partial charge in [-0.05, 0) is 69.1 Å². The van der Waals surface area contributed by atoms with Gasteiger partial charge in [0.1, 0.15) is 0 Å². The SMILES string of the molecule is C1CC2(CCN1)CNC2.C1CNCC2(C1)CCNC2. The molecule has 4 saturated heterocycles. The van der Waals surface area contributed by atoms with E-state index >= 15 is 0 Å². The van der Waals surface area contributed by atoms with Gasteiger partial charge in [0, 0.05) is 26.2 Å². The molecule has 4 N–H and O–H groups in total. The van der Waals surface area contributed by atoms with Crippen molar-refractivity contribution in [1.29, 1.82) is 0 Å². The third-order valence-electron chi connectivity index (χ3n) is 5.56. The molecule has 0 aromatic carbocycles. The average Bonchev–Trinajstić information content (AvgIpc) is 2.88. The van der Waals surface area contributed by atoms with Crippen LogP contribution in [0.3, 0.4) is 0 Å². The minimum Gasteiger partial charge on any atom is -0.317 e. The second-order valence-corrected chi connectivity index (χ2v) is 7.06. The molecule has 110 valence electrons. The summed E-state index contributed by atoms with van der Waals surface area (Å²) in [7, 11) is 0. The zero-order chi connectivity index (χ0) is 13.0. The van der Waals surface area contributed by atoms with Gasteiger partial charge in [0.15, 0.2) is 0 Å². The molecule has 1 atom stereocenters. The third-order valence-corrected chi connectivity index (χ3v) is 5.56. The molecule has 4 rings (SSSR count). The van der Waals surface area contributed by atoms with Crippen LogP contribution < -0.4 is 21.3 Å². The first-order valence-corrected chi connectivity index (χ1v) is 8.16. The molecular formula is C15H30N4. The standard InChI is InChI=1S/C8H16N2.C7H14N2/c1-2-8(6-9-4-1)3-5-10-7-8;1-3-8-4-2-7(1)5-9-6-7/h9-10H,1-7H2;8-9H,1-6H2. The number of nitrogens with one attached hydrogen (secondary N) is 4. The molecule has 2 spiro atoms. The fraction of sp³-hybridized carbons (Fsp3) is 1.00. The molecule has 0 aromatic rings. The predicted octanol–water partition coefficient (Wildman–Crippen LogP) is 0.309. The lowest BCUT2D eigenvalue weighted by molar-refractivity contribution is 0.116. The number of piperidine rings is 2. The average molecular weight is 266 g/mol. The summed E-state index contributed by atoms with van der Waals surface area (Å²) in [4.78, 5) is 0. The first-order valence-electron chi connectivity index (χ1n) is 8.16. The van der Waals surface area contributed by atoms with Crippen molar-refractivity contribution < 1.29 is 0 Å². The first kappa shape index (κ1) is 13.8. The van der Waals surface area contributed by atoms with Crippen molar-refractivity contribution in [2.24, 2.45) is 10.8 Å². The Bertz CT molecular complexity index is 266. The van der Waals surface area contributed by atoms with Gasteiger partial charge in [0.2, 0.25) is 0 Å². The molecule has 4 aliphatic heterocycles. The Labute approximate surface area is 117 Å². The van der Waals surface area contributed by atoms with E-state index in [9.17, 15) is 0 Å². The van der Waals surface area contributed by atoms with E-state index in [-0.39, 0.29) is 0 Å². The summed E-state index contributed by atoms with van der Waals surface area (Å²) in [6.45, 7) is 10.00. The zero-order valence-electron chi connectivity index (χ0n) is 12.2. The maximum atomic E-state index is 3.48. The summed E-state index contributed by atoms with van der Waals surface area (Å²) in [5.74, 6) is 0. The summed E-state index contributed by atoms with van der Waals surface area (Å²) in [6, 6.07) is 0. The molecule has 19 heavy (non-hydrogen) atoms. The lowest BCUT2D eigenvalue weighted by Crippen LogP contribution is -2.57. The van der Waals surface area contributed by atoms with Crippen LogP contribution in [0.1, 0.15) is 32.1 Å². The van der Waals surface area contributed by atoms with Crippen molar-refractivity contribution in [3.05, 3.63) is 0 Å². The second-order valence-electron chi connectivity index (χ2n) is 7.06. The molecule has 4 aliphatic rings. The summed E-state index contributed by atoms with van der Waals surface area (Å²) in [5, 5.41) is 13.6. The number of hydrogen-bond donors (Lipinski definition) is 4. The van der Waals surface area contributed by atoms with E-state index in [4.69, 9.17) is 0 Å². The van der Waals surface area contributed by atoms with Gasteiger partial charge in [-0.25, -0.2) is 0 Å². The highest BCUT2D eigenvalue weighted by Gasteiger charge is 2.37. The Kier molecular flexibility index (Phi) is 4.42. The molecule has 4 nitrogen and oxygen atoms in total. The van der Waals surface area contributed by atoms with Gasteiger partial charge in [-0.2, -0.15) is 0 Å². The van der Waals surface area contributed by atoms with Crippen molar-refractivity contribution in [3.8, 4) is 0 Å². The molecule has 4 heteroatoms. The van der Waals surface area contributed by atoms with Crippen LogP contribution in [0.25, 0.3) is 0 Å². The Morgan fingerprint density at radius 3 is 1.42 bits per heavy atom. The van der Waals surface area contributed by atoms with E-state index in [0.717, 1.165) is 5.41 Å². The first-order chi connectivity index (χ1) is 9.33. The van der Waals surface area contributed by atoms with Crippen LogP contribution in [0, 0.1) is 10.8 Å². The molecule has 1 unspecified atom stereocenters. The Balaban J connectivity index is 0.000000117. The highest BCUT2D eigenvalue weighted by atomic mass is 15.0. The minimum atomic E-state index is 0.651. The molecule has 0 aliphatic carbocycles. The van der Waals surface area contributed by atoms with Crippen LogP contribution in [-0.2, 0) is 0 Å². The van der Waals surface area contributed by atoms with E-state index in [1.807, 2.05) is 0 Å². The molecule has 0 saturated carbocycles. The van der Waals surface area contributed by atoms with Crippen molar-refractivity contribution in [3.63, 3.8) is 0 Å². The van der Waals surface area contributed by atoms with Crippen molar-refractivity contribution in [1.82, 2.24) is 21.3 Å². The van der Waals surface area contributed by atoms with Crippen LogP contribution in [-0.4, -0.2) is 52.4 Å². The number of hydrogen-bond acceptors (Lipinski definition) is 4. The largest absolute Gasteiger partial charge is 0.317 e. The lowest BCUT2D eigenvalue weighted by atomic mass is 9.74. The second kappa shape index (κ2) is 6.08. The Morgan fingerprint density at radius 1 is 0.474 bits per heavy atom. The number of rotatable bonds is 0. The fourth-order valence-corrected chi connectivity index (χ4v) is 3.98. The predicted molar refractivity (Wildman–Crippen MR) is 79.4 cm³/mol. The van der Waals surface area contributed by atoms with E-state index in [1.165, 1.54) is 84.5 Å². The summed E-state index contributed by atoms with van der Waals surface area (Å²) < 4.78 is 0. The quantitative estimate of drug-likeness (QED) is 0.510. The van der Waals surface area contributed by atoms with Gasteiger partial charge >= 0.3 is 0 Å². The maximum Gasteiger partial charge on any atom is 0.00212 e. The zero-order valence-corrected chi connectivity index (χ0v) is 12.2. The van der Waals surface area contributed by atoms with E-state index in [2.05, 4.69) is 21.3 Å². The van der Waals surface area contributed by atoms with Crippen LogP contribution in [0.2, 0.25) is 0 Å². The normalized spacial score (nSPS) is 36.6. The van der Waals surface area contributed by atoms with Crippen LogP contribution >= 0.6 is 0 Å². The Hall–Kier alpha value is -0.160. The van der Waals surface area contributed by atoms with Crippen molar-refractivity contribution in [2.45, 2.75) is 32.1 Å². The van der Waals surface area contributed by atoms with E-state index in [0.29, 0.717) is 5.41 Å². The highest BCUT2D eigenvalue weighted by Crippen LogP contribution is 2.32. The van der Waals surface area contributed by atoms with Crippen molar-refractivity contribution in [2.75, 3.05) is 52.4 Å². The van der Waals surface area contributed by atoms with E-state index in [1.54, 1.807) is 0 Å². The summed E-state index contributed by atoms with van der Waals surface area (Å²) >= 11 is 0. The van der Waals surface area contributed by atoms with Crippen LogP contribution in [0.5, 0.6) is 0 Å². The molecule has 0 aromatic heterocycles. The molecule has 0 bridgehead atoms. The van der Waals surface area contributed by atoms with Gasteiger partial charge < -0.3 is 21.3 Å². The molecule has 4 fully saturated rings. The van der Waals surface area contributed by atoms with Crippen LogP contribution in [0.4, 0.5) is 0 Å². The molecule has 0 amide bonds. The summed E-state index contributed by atoms with van der Waals surface area (Å²) in [5.41, 5.74) is 1.38. The minimum absolute atomic E-state index is 0.651. The third kappa shape index (κ3) is 3.30. The van der Waals surface area contributed by atoms with E-state index < -0.39 is 0 Å². The Morgan fingerprint density at radius 2 is 1.00 bits per heavy atom. The van der Waals surface area contributed by atoms with Crippen LogP contribution in [0.15, 0.2) is 0 Å². The molecule has 0 radical (unpaired) electrons. The summed E-state index contributed by atoms with van der Waals surface area (Å²) in [6.07, 6.45) is 6.98. The van der Waals surface area contributed by atoms with Gasteiger partial charge in [0.05, 0.1) is 0 Å². The lowest BCUT2D eigenvalue weighted by Gasteiger charge is -2.45. The van der Waals surface area contributed by atoms with Gasteiger partial charge in [-0.1, -0.05) is 0 Å².